The van der Waals surface area contributed by atoms with Crippen LogP contribution < -0.4 is 5.32 Å². The zero-order valence-corrected chi connectivity index (χ0v) is 12.4. The van der Waals surface area contributed by atoms with Gasteiger partial charge in [-0.3, -0.25) is 9.67 Å². The Morgan fingerprint density at radius 2 is 2.11 bits per heavy atom. The van der Waals surface area contributed by atoms with Gasteiger partial charge in [0.1, 0.15) is 0 Å². The molecule has 1 unspecified atom stereocenters. The molecule has 0 radical (unpaired) electrons. The van der Waals surface area contributed by atoms with E-state index in [0.29, 0.717) is 10.0 Å². The molecule has 2 rings (SSSR count). The second kappa shape index (κ2) is 6.37. The molecular weight excluding hydrogens is 283 g/mol. The standard InChI is InChI=1S/C13H16Cl2N4/c1-3-6-19-13(10(15)8-18-19)12(16-2)11-5-4-9(14)7-17-11/h4-5,7-8,12,16H,3,6H2,1-2H3. The first-order chi connectivity index (χ1) is 9.17. The molecule has 0 spiro atoms. The van der Waals surface area contributed by atoms with Crippen LogP contribution in [-0.4, -0.2) is 21.8 Å². The van der Waals surface area contributed by atoms with Crippen molar-refractivity contribution >= 4 is 23.2 Å². The van der Waals surface area contributed by atoms with Crippen molar-refractivity contribution in [2.24, 2.45) is 0 Å². The molecule has 4 nitrogen and oxygen atoms in total. The second-order valence-corrected chi connectivity index (χ2v) is 5.07. The van der Waals surface area contributed by atoms with Crippen LogP contribution >= 0.6 is 23.2 Å². The summed E-state index contributed by atoms with van der Waals surface area (Å²) < 4.78 is 1.92. The van der Waals surface area contributed by atoms with Crippen LogP contribution in [0.15, 0.2) is 24.5 Å². The summed E-state index contributed by atoms with van der Waals surface area (Å²) in [6, 6.07) is 3.62. The van der Waals surface area contributed by atoms with E-state index in [-0.39, 0.29) is 6.04 Å². The van der Waals surface area contributed by atoms with Crippen LogP contribution in [0, 0.1) is 0 Å². The maximum Gasteiger partial charge on any atom is 0.0934 e. The normalized spacial score (nSPS) is 12.6. The third-order valence-corrected chi connectivity index (χ3v) is 3.39. The summed E-state index contributed by atoms with van der Waals surface area (Å²) in [4.78, 5) is 4.35. The van der Waals surface area contributed by atoms with Crippen LogP contribution in [0.4, 0.5) is 0 Å². The predicted octanol–water partition coefficient (Wildman–Crippen LogP) is 3.30. The van der Waals surface area contributed by atoms with Crippen molar-refractivity contribution in [3.05, 3.63) is 46.0 Å². The summed E-state index contributed by atoms with van der Waals surface area (Å²) in [5.74, 6) is 0. The molecule has 0 aliphatic carbocycles. The van der Waals surface area contributed by atoms with Gasteiger partial charge in [0.25, 0.3) is 0 Å². The Labute approximate surface area is 122 Å². The fourth-order valence-corrected chi connectivity index (χ4v) is 2.39. The van der Waals surface area contributed by atoms with Gasteiger partial charge in [-0.15, -0.1) is 0 Å². The molecule has 0 fully saturated rings. The van der Waals surface area contributed by atoms with Gasteiger partial charge < -0.3 is 5.32 Å². The minimum Gasteiger partial charge on any atom is -0.307 e. The van der Waals surface area contributed by atoms with E-state index in [9.17, 15) is 0 Å². The Morgan fingerprint density at radius 3 is 2.68 bits per heavy atom. The fraction of sp³-hybridized carbons (Fsp3) is 0.385. The van der Waals surface area contributed by atoms with E-state index in [2.05, 4.69) is 22.3 Å². The van der Waals surface area contributed by atoms with E-state index < -0.39 is 0 Å². The average molecular weight is 299 g/mol. The van der Waals surface area contributed by atoms with Crippen molar-refractivity contribution in [3.63, 3.8) is 0 Å². The van der Waals surface area contributed by atoms with Crippen molar-refractivity contribution in [3.8, 4) is 0 Å². The first-order valence-corrected chi connectivity index (χ1v) is 6.92. The summed E-state index contributed by atoms with van der Waals surface area (Å²) in [6.45, 7) is 2.93. The van der Waals surface area contributed by atoms with Gasteiger partial charge in [0.05, 0.1) is 33.7 Å². The van der Waals surface area contributed by atoms with E-state index in [1.165, 1.54) is 0 Å². The lowest BCUT2D eigenvalue weighted by Gasteiger charge is -2.18. The molecule has 102 valence electrons. The van der Waals surface area contributed by atoms with Crippen LogP contribution in [0.2, 0.25) is 10.0 Å². The molecule has 1 N–H and O–H groups in total. The topological polar surface area (TPSA) is 42.7 Å². The first-order valence-electron chi connectivity index (χ1n) is 6.17. The minimum atomic E-state index is -0.0983. The van der Waals surface area contributed by atoms with Crippen LogP contribution in [-0.2, 0) is 6.54 Å². The lowest BCUT2D eigenvalue weighted by molar-refractivity contribution is 0.529. The molecule has 1 atom stereocenters. The summed E-state index contributed by atoms with van der Waals surface area (Å²) in [5.41, 5.74) is 1.80. The van der Waals surface area contributed by atoms with Crippen LogP contribution in [0.5, 0.6) is 0 Å². The van der Waals surface area contributed by atoms with Gasteiger partial charge in [0, 0.05) is 12.7 Å². The Hall–Kier alpha value is -1.10. The molecule has 0 aromatic carbocycles. The summed E-state index contributed by atoms with van der Waals surface area (Å²) in [7, 11) is 1.88. The molecular formula is C13H16Cl2N4. The number of hydrogen-bond donors (Lipinski definition) is 1. The largest absolute Gasteiger partial charge is 0.307 e. The van der Waals surface area contributed by atoms with Crippen LogP contribution in [0.25, 0.3) is 0 Å². The molecule has 0 amide bonds. The highest BCUT2D eigenvalue weighted by molar-refractivity contribution is 6.31. The fourth-order valence-electron chi connectivity index (χ4n) is 2.03. The average Bonchev–Trinajstić information content (AvgIpc) is 2.76. The van der Waals surface area contributed by atoms with E-state index >= 15 is 0 Å². The number of aromatic nitrogens is 3. The number of hydrogen-bond acceptors (Lipinski definition) is 3. The smallest absolute Gasteiger partial charge is 0.0934 e. The number of aryl methyl sites for hydroxylation is 1. The maximum atomic E-state index is 6.26. The highest BCUT2D eigenvalue weighted by Crippen LogP contribution is 2.27. The SMILES string of the molecule is CCCn1ncc(Cl)c1C(NC)c1ccc(Cl)cn1. The molecule has 0 bridgehead atoms. The van der Waals surface area contributed by atoms with Crippen molar-refractivity contribution in [1.29, 1.82) is 0 Å². The summed E-state index contributed by atoms with van der Waals surface area (Å²) in [5, 5.41) is 8.80. The number of nitrogens with one attached hydrogen (secondary N) is 1. The highest BCUT2D eigenvalue weighted by Gasteiger charge is 2.21. The Kier molecular flexibility index (Phi) is 4.80. The van der Waals surface area contributed by atoms with Crippen molar-refractivity contribution in [2.75, 3.05) is 7.05 Å². The second-order valence-electron chi connectivity index (χ2n) is 4.22. The molecule has 0 saturated carbocycles. The summed E-state index contributed by atoms with van der Waals surface area (Å²) in [6.07, 6.45) is 4.30. The van der Waals surface area contributed by atoms with Gasteiger partial charge in [-0.1, -0.05) is 30.1 Å². The van der Waals surface area contributed by atoms with Crippen LogP contribution in [0.3, 0.4) is 0 Å². The molecule has 2 aromatic rings. The number of nitrogens with zero attached hydrogens (tertiary/aromatic N) is 3. The van der Waals surface area contributed by atoms with Gasteiger partial charge in [-0.05, 0) is 25.6 Å². The molecule has 0 aliphatic heterocycles. The van der Waals surface area contributed by atoms with Gasteiger partial charge >= 0.3 is 0 Å². The number of pyridine rings is 1. The molecule has 2 heterocycles. The molecule has 2 aromatic heterocycles. The lowest BCUT2D eigenvalue weighted by Crippen LogP contribution is -2.23. The van der Waals surface area contributed by atoms with E-state index in [0.717, 1.165) is 24.4 Å². The van der Waals surface area contributed by atoms with Crippen molar-refractivity contribution < 1.29 is 0 Å². The quantitative estimate of drug-likeness (QED) is 0.921. The van der Waals surface area contributed by atoms with Gasteiger partial charge in [0.2, 0.25) is 0 Å². The van der Waals surface area contributed by atoms with Crippen molar-refractivity contribution in [1.82, 2.24) is 20.1 Å². The Morgan fingerprint density at radius 1 is 1.32 bits per heavy atom. The first kappa shape index (κ1) is 14.3. The molecule has 19 heavy (non-hydrogen) atoms. The summed E-state index contributed by atoms with van der Waals surface area (Å²) >= 11 is 12.1. The maximum absolute atomic E-state index is 6.26. The Bertz CT molecular complexity index is 536. The third kappa shape index (κ3) is 3.08. The van der Waals surface area contributed by atoms with Gasteiger partial charge in [0.15, 0.2) is 0 Å². The minimum absolute atomic E-state index is 0.0983. The highest BCUT2D eigenvalue weighted by atomic mass is 35.5. The lowest BCUT2D eigenvalue weighted by atomic mass is 10.1. The van der Waals surface area contributed by atoms with E-state index in [1.807, 2.05) is 23.9 Å². The van der Waals surface area contributed by atoms with E-state index in [1.54, 1.807) is 12.4 Å². The molecule has 6 heteroatoms. The Balaban J connectivity index is 2.41. The predicted molar refractivity (Wildman–Crippen MR) is 77.7 cm³/mol. The zero-order chi connectivity index (χ0) is 13.8. The molecule has 0 aliphatic rings. The van der Waals surface area contributed by atoms with Crippen molar-refractivity contribution in [2.45, 2.75) is 25.9 Å². The zero-order valence-electron chi connectivity index (χ0n) is 10.9. The monoisotopic (exact) mass is 298 g/mol. The van der Waals surface area contributed by atoms with Gasteiger partial charge in [-0.25, -0.2) is 0 Å². The third-order valence-electron chi connectivity index (χ3n) is 2.88. The number of halogens is 2. The molecule has 0 saturated heterocycles. The van der Waals surface area contributed by atoms with E-state index in [4.69, 9.17) is 23.2 Å². The number of rotatable bonds is 5. The van der Waals surface area contributed by atoms with Crippen LogP contribution in [0.1, 0.15) is 30.8 Å². The van der Waals surface area contributed by atoms with Gasteiger partial charge in [-0.2, -0.15) is 5.10 Å².